The molecular weight excluding hydrogens is 781 g/mol. The molecule has 0 aliphatic carbocycles. The third-order valence-corrected chi connectivity index (χ3v) is 10.9. The summed E-state index contributed by atoms with van der Waals surface area (Å²) in [7, 11) is 0. The minimum atomic E-state index is -0.531. The second kappa shape index (κ2) is 20.1. The Morgan fingerprint density at radius 1 is 0.925 bits per heavy atom. The Morgan fingerprint density at radius 3 is 2.36 bits per heavy atom. The first-order valence-electron chi connectivity index (χ1n) is 19.0. The summed E-state index contributed by atoms with van der Waals surface area (Å²) >= 11 is 2.39. The van der Waals surface area contributed by atoms with Crippen LogP contribution in [0.4, 0.5) is 5.69 Å². The van der Waals surface area contributed by atoms with Crippen molar-refractivity contribution in [2.24, 2.45) is 0 Å². The number of aryl methyl sites for hydroxylation is 1. The molecule has 2 atom stereocenters. The molecule has 12 heteroatoms. The molecule has 2 aromatic carbocycles. The molecular formula is C41H58IN7O4. The van der Waals surface area contributed by atoms with E-state index in [1.165, 1.54) is 12.8 Å². The molecule has 0 spiro atoms. The first-order chi connectivity index (χ1) is 25.4. The lowest BCUT2D eigenvalue weighted by molar-refractivity contribution is -0.125. The number of carbonyl (C=O) groups is 3. The SMILES string of the molecule is C=C(C)NCC(=O)NC(C)(CC)COC(C)(CC)CCn1nnc2c1-c1ccccc1CN(C(=O)CCC(=O)NCCCCCCI)c1ccccc1-2. The lowest BCUT2D eigenvalue weighted by Crippen LogP contribution is -2.52. The maximum absolute atomic E-state index is 13.9. The summed E-state index contributed by atoms with van der Waals surface area (Å²) in [6.45, 7) is 16.0. The Labute approximate surface area is 329 Å². The number of unbranched alkanes of at least 4 members (excludes halogenated alkanes) is 3. The number of para-hydroxylation sites is 1. The van der Waals surface area contributed by atoms with Gasteiger partial charge in [0.05, 0.1) is 42.2 Å². The molecule has 0 radical (unpaired) electrons. The molecule has 11 nitrogen and oxygen atoms in total. The molecule has 0 bridgehead atoms. The van der Waals surface area contributed by atoms with Crippen molar-refractivity contribution < 1.29 is 19.1 Å². The van der Waals surface area contributed by atoms with Crippen LogP contribution in [0.5, 0.6) is 0 Å². The van der Waals surface area contributed by atoms with E-state index in [1.807, 2.05) is 67.9 Å². The summed E-state index contributed by atoms with van der Waals surface area (Å²) in [4.78, 5) is 41.0. The van der Waals surface area contributed by atoms with Crippen molar-refractivity contribution in [2.75, 3.05) is 29.0 Å². The van der Waals surface area contributed by atoms with Crippen LogP contribution in [0.25, 0.3) is 22.5 Å². The number of benzene rings is 2. The number of fused-ring (bicyclic) bond motifs is 5. The van der Waals surface area contributed by atoms with Gasteiger partial charge in [0.25, 0.3) is 0 Å². The molecule has 3 N–H and O–H groups in total. The maximum Gasteiger partial charge on any atom is 0.239 e. The fourth-order valence-electron chi connectivity index (χ4n) is 6.30. The van der Waals surface area contributed by atoms with Crippen LogP contribution < -0.4 is 20.9 Å². The highest BCUT2D eigenvalue weighted by atomic mass is 127. The van der Waals surface area contributed by atoms with Gasteiger partial charge in [0.15, 0.2) is 0 Å². The van der Waals surface area contributed by atoms with E-state index in [0.29, 0.717) is 44.8 Å². The third-order valence-electron chi connectivity index (χ3n) is 10.1. The molecule has 2 unspecified atom stereocenters. The Kier molecular flexibility index (Phi) is 15.9. The van der Waals surface area contributed by atoms with Crippen molar-refractivity contribution in [3.63, 3.8) is 0 Å². The summed E-state index contributed by atoms with van der Waals surface area (Å²) in [5.74, 6) is -0.312. The summed E-state index contributed by atoms with van der Waals surface area (Å²) in [5, 5.41) is 18.5. The number of ether oxygens (including phenoxy) is 1. The van der Waals surface area contributed by atoms with Crippen LogP contribution in [0.15, 0.2) is 60.8 Å². The molecule has 1 aliphatic rings. The number of hydrogen-bond acceptors (Lipinski definition) is 7. The van der Waals surface area contributed by atoms with Crippen molar-refractivity contribution in [2.45, 2.75) is 117 Å². The third kappa shape index (κ3) is 11.9. The van der Waals surface area contributed by atoms with Gasteiger partial charge in [-0.3, -0.25) is 14.4 Å². The van der Waals surface area contributed by atoms with Crippen molar-refractivity contribution >= 4 is 46.0 Å². The predicted molar refractivity (Wildman–Crippen MR) is 221 cm³/mol. The Morgan fingerprint density at radius 2 is 1.64 bits per heavy atom. The summed E-state index contributed by atoms with van der Waals surface area (Å²) < 4.78 is 9.72. The summed E-state index contributed by atoms with van der Waals surface area (Å²) in [6.07, 6.45) is 6.81. The van der Waals surface area contributed by atoms with Gasteiger partial charge >= 0.3 is 0 Å². The standard InChI is InChI=1S/C41H58IN7O4/c1-7-40(5,45-36(51)27-44-30(3)4)29-53-41(6,8-2)23-26-49-39-32-18-12-11-17-31(32)28-48(34-20-14-13-19-33(34)38(39)46-47-49)37(52)22-21-35(50)43-25-16-10-9-15-24-42/h11-14,17-20,44H,3,7-10,15-16,21-29H2,1-2,4-6H3,(H,43,50)(H,45,51). The zero-order valence-electron chi connectivity index (χ0n) is 32.2. The van der Waals surface area contributed by atoms with Gasteiger partial charge < -0.3 is 25.6 Å². The number of aromatic nitrogens is 3. The first kappa shape index (κ1) is 42.0. The topological polar surface area (TPSA) is 130 Å². The van der Waals surface area contributed by atoms with E-state index < -0.39 is 11.1 Å². The van der Waals surface area contributed by atoms with E-state index in [2.05, 4.69) is 70.2 Å². The molecule has 0 saturated heterocycles. The normalized spacial score (nSPS) is 14.3. The molecule has 1 aliphatic heterocycles. The highest BCUT2D eigenvalue weighted by Crippen LogP contribution is 2.41. The van der Waals surface area contributed by atoms with Gasteiger partial charge in [-0.25, -0.2) is 4.68 Å². The Balaban J connectivity index is 1.51. The molecule has 2 heterocycles. The first-order valence-corrected chi connectivity index (χ1v) is 20.5. The van der Waals surface area contributed by atoms with Gasteiger partial charge in [-0.15, -0.1) is 5.10 Å². The molecule has 3 aromatic rings. The minimum absolute atomic E-state index is 0.0961. The van der Waals surface area contributed by atoms with E-state index in [-0.39, 0.29) is 37.1 Å². The monoisotopic (exact) mass is 839 g/mol. The summed E-state index contributed by atoms with van der Waals surface area (Å²) in [6, 6.07) is 15.9. The molecule has 3 amide bonds. The van der Waals surface area contributed by atoms with Crippen LogP contribution in [0.2, 0.25) is 0 Å². The number of hydrogen-bond donors (Lipinski definition) is 3. The molecule has 53 heavy (non-hydrogen) atoms. The number of amides is 3. The van der Waals surface area contributed by atoms with Crippen molar-refractivity contribution in [1.82, 2.24) is 30.9 Å². The number of allylic oxidation sites excluding steroid dienone is 1. The number of anilines is 1. The number of carbonyl (C=O) groups excluding carboxylic acids is 3. The fourth-order valence-corrected chi connectivity index (χ4v) is 6.84. The predicted octanol–water partition coefficient (Wildman–Crippen LogP) is 7.33. The Hall–Kier alpha value is -3.78. The van der Waals surface area contributed by atoms with Crippen LogP contribution >= 0.6 is 22.6 Å². The lowest BCUT2D eigenvalue weighted by atomic mass is 9.94. The molecule has 1 aromatic heterocycles. The maximum atomic E-state index is 13.9. The minimum Gasteiger partial charge on any atom is -0.380 e. The molecule has 0 fully saturated rings. The van der Waals surface area contributed by atoms with Crippen molar-refractivity contribution in [1.29, 1.82) is 0 Å². The zero-order valence-corrected chi connectivity index (χ0v) is 34.4. The number of rotatable bonds is 21. The quantitative estimate of drug-likeness (QED) is 0.0582. The highest BCUT2D eigenvalue weighted by Gasteiger charge is 2.33. The van der Waals surface area contributed by atoms with Crippen LogP contribution in [0.1, 0.15) is 98.0 Å². The average molecular weight is 840 g/mol. The van der Waals surface area contributed by atoms with Gasteiger partial charge in [-0.05, 0) is 68.9 Å². The van der Waals surface area contributed by atoms with Crippen molar-refractivity contribution in [3.8, 4) is 22.5 Å². The smallest absolute Gasteiger partial charge is 0.239 e. The van der Waals surface area contributed by atoms with Crippen molar-refractivity contribution in [3.05, 3.63) is 66.4 Å². The van der Waals surface area contributed by atoms with Crippen LogP contribution in [-0.2, 0) is 32.2 Å². The van der Waals surface area contributed by atoms with Crippen LogP contribution in [0.3, 0.4) is 0 Å². The molecule has 4 rings (SSSR count). The number of alkyl halides is 1. The van der Waals surface area contributed by atoms with E-state index in [9.17, 15) is 14.4 Å². The Bertz CT molecular complexity index is 1710. The number of halogens is 1. The largest absolute Gasteiger partial charge is 0.380 e. The van der Waals surface area contributed by atoms with Gasteiger partial charge in [-0.1, -0.05) is 104 Å². The average Bonchev–Trinajstić information content (AvgIpc) is 3.57. The number of nitrogens with one attached hydrogen (secondary N) is 3. The second-order valence-corrected chi connectivity index (χ2v) is 15.6. The van der Waals surface area contributed by atoms with Gasteiger partial charge in [-0.2, -0.15) is 0 Å². The zero-order chi connectivity index (χ0) is 38.4. The second-order valence-electron chi connectivity index (χ2n) is 14.6. The van der Waals surface area contributed by atoms with E-state index >= 15 is 0 Å². The molecule has 0 saturated carbocycles. The van der Waals surface area contributed by atoms with E-state index in [0.717, 1.165) is 57.5 Å². The lowest BCUT2D eigenvalue weighted by Gasteiger charge is -2.36. The van der Waals surface area contributed by atoms with Gasteiger partial charge in [0, 0.05) is 42.8 Å². The summed E-state index contributed by atoms with van der Waals surface area (Å²) in [5.41, 5.74) is 4.82. The van der Waals surface area contributed by atoms with E-state index in [1.54, 1.807) is 4.90 Å². The molecule has 288 valence electrons. The number of nitrogens with zero attached hydrogens (tertiary/aromatic N) is 4. The van der Waals surface area contributed by atoms with Gasteiger partial charge in [0.2, 0.25) is 17.7 Å². The highest BCUT2D eigenvalue weighted by molar-refractivity contribution is 14.1. The van der Waals surface area contributed by atoms with Crippen LogP contribution in [-0.4, -0.2) is 68.0 Å². The van der Waals surface area contributed by atoms with Crippen LogP contribution in [0, 0.1) is 0 Å². The van der Waals surface area contributed by atoms with Gasteiger partial charge in [0.1, 0.15) is 5.69 Å². The van der Waals surface area contributed by atoms with E-state index in [4.69, 9.17) is 9.84 Å². The fraction of sp³-hybridized carbons (Fsp3) is 0.537.